The van der Waals surface area contributed by atoms with Crippen molar-refractivity contribution in [2.45, 2.75) is 125 Å². The molecule has 5 fully saturated rings. The van der Waals surface area contributed by atoms with Crippen molar-refractivity contribution in [3.63, 3.8) is 0 Å². The summed E-state index contributed by atoms with van der Waals surface area (Å²) >= 11 is 0. The second-order valence-electron chi connectivity index (χ2n) is 15.5. The first-order chi connectivity index (χ1) is 16.7. The molecule has 0 heterocycles. The largest absolute Gasteiger partial charge is 0.462 e. The van der Waals surface area contributed by atoms with Crippen LogP contribution in [0.1, 0.15) is 113 Å². The first-order valence-corrected chi connectivity index (χ1v) is 14.8. The fraction of sp³-hybridized carbons (Fsp3) is 0.906. The van der Waals surface area contributed by atoms with E-state index < -0.39 is 0 Å². The van der Waals surface area contributed by atoms with E-state index in [1.807, 2.05) is 0 Å². The lowest BCUT2D eigenvalue weighted by Gasteiger charge is -2.74. The zero-order chi connectivity index (χ0) is 26.5. The number of ether oxygens (including phenoxy) is 1. The van der Waals surface area contributed by atoms with Crippen molar-refractivity contribution in [1.82, 2.24) is 0 Å². The summed E-state index contributed by atoms with van der Waals surface area (Å²) in [7, 11) is 0. The molecule has 5 aliphatic rings. The summed E-state index contributed by atoms with van der Waals surface area (Å²) < 4.78 is 5.90. The zero-order valence-electron chi connectivity index (χ0n) is 24.3. The maximum atomic E-state index is 11.9. The Kier molecular flexibility index (Phi) is 6.17. The number of fused-ring (bicyclic) bond motifs is 7. The fourth-order valence-corrected chi connectivity index (χ4v) is 12.0. The Hall–Kier alpha value is -0.870. The molecule has 5 aliphatic carbocycles. The van der Waals surface area contributed by atoms with E-state index in [9.17, 15) is 10.1 Å². The molecule has 204 valence electrons. The summed E-state index contributed by atoms with van der Waals surface area (Å²) in [4.78, 5) is 16.8. The van der Waals surface area contributed by atoms with Crippen LogP contribution in [-0.4, -0.2) is 23.4 Å². The Balaban J connectivity index is 1.49. The van der Waals surface area contributed by atoms with Crippen molar-refractivity contribution in [2.24, 2.45) is 56.7 Å². The molecule has 0 amide bonds. The number of hydrogen-bond donors (Lipinski definition) is 1. The molecule has 5 saturated carbocycles. The second-order valence-corrected chi connectivity index (χ2v) is 15.5. The van der Waals surface area contributed by atoms with E-state index in [1.54, 1.807) is 6.92 Å². The normalized spacial score (nSPS) is 53.9. The molecule has 4 nitrogen and oxygen atoms in total. The lowest BCUT2D eigenvalue weighted by molar-refractivity contribution is -0.295. The second kappa shape index (κ2) is 8.31. The van der Waals surface area contributed by atoms with Crippen molar-refractivity contribution in [2.75, 3.05) is 0 Å². The molecule has 0 aliphatic heterocycles. The first kappa shape index (κ1) is 26.7. The molecule has 11 unspecified atom stereocenters. The molecule has 1 N–H and O–H groups in total. The number of hydrogen-bond acceptors (Lipinski definition) is 4. The summed E-state index contributed by atoms with van der Waals surface area (Å²) in [6.45, 7) is 23.5. The van der Waals surface area contributed by atoms with E-state index in [0.717, 1.165) is 18.4 Å². The predicted molar refractivity (Wildman–Crippen MR) is 143 cm³/mol. The molecule has 0 aromatic rings. The smallest absolute Gasteiger partial charge is 0.302 e. The number of carbonyl (C=O) groups is 1. The molecule has 5 rings (SSSR count). The van der Waals surface area contributed by atoms with Crippen molar-refractivity contribution in [3.8, 4) is 0 Å². The van der Waals surface area contributed by atoms with E-state index in [1.165, 1.54) is 44.9 Å². The van der Waals surface area contributed by atoms with Gasteiger partial charge in [0.15, 0.2) is 0 Å². The molecular formula is C32H52O4. The zero-order valence-corrected chi connectivity index (χ0v) is 24.3. The lowest BCUT2D eigenvalue weighted by atomic mass is 9.31. The van der Waals surface area contributed by atoms with Gasteiger partial charge in [-0.2, -0.15) is 0 Å². The van der Waals surface area contributed by atoms with Crippen molar-refractivity contribution < 1.29 is 19.7 Å². The molecule has 0 spiro atoms. The van der Waals surface area contributed by atoms with Crippen molar-refractivity contribution in [1.29, 1.82) is 0 Å². The van der Waals surface area contributed by atoms with Crippen LogP contribution in [0.2, 0.25) is 0 Å². The van der Waals surface area contributed by atoms with E-state index in [-0.39, 0.29) is 29.0 Å². The molecule has 0 aromatic heterocycles. The maximum absolute atomic E-state index is 11.9. The average molecular weight is 501 g/mol. The summed E-state index contributed by atoms with van der Waals surface area (Å²) in [5.74, 6) is 2.83. The van der Waals surface area contributed by atoms with Gasteiger partial charge in [0.1, 0.15) is 12.2 Å². The summed E-state index contributed by atoms with van der Waals surface area (Å²) in [5.41, 5.74) is 2.23. The van der Waals surface area contributed by atoms with Gasteiger partial charge < -0.3 is 4.74 Å². The van der Waals surface area contributed by atoms with Gasteiger partial charge in [0.05, 0.1) is 0 Å². The first-order valence-electron chi connectivity index (χ1n) is 14.8. The maximum Gasteiger partial charge on any atom is 0.302 e. The number of carbonyl (C=O) groups excluding carboxylic acids is 1. The van der Waals surface area contributed by atoms with Gasteiger partial charge in [-0.3, -0.25) is 10.1 Å². The van der Waals surface area contributed by atoms with E-state index in [2.05, 4.69) is 55.0 Å². The number of esters is 1. The Bertz CT molecular complexity index is 925. The van der Waals surface area contributed by atoms with Gasteiger partial charge in [-0.1, -0.05) is 55.0 Å². The standard InChI is InChI=1S/C32H52O4/c1-19-20(2)27-22-10-11-25-30(7)14-13-26(35-21(3)33)28(4,5)24(30)12-15-32(25,9)31(22,8)17-16-29(27,6)18-23(19)36-34/h20,22-27,34H,1,10-18H2,2-9H3. The Morgan fingerprint density at radius 2 is 1.61 bits per heavy atom. The van der Waals surface area contributed by atoms with Crippen LogP contribution in [0, 0.1) is 56.7 Å². The van der Waals surface area contributed by atoms with Crippen LogP contribution in [0.5, 0.6) is 0 Å². The minimum absolute atomic E-state index is 0.0117. The summed E-state index contributed by atoms with van der Waals surface area (Å²) in [6, 6.07) is 0. The quantitative estimate of drug-likeness (QED) is 0.180. The highest BCUT2D eigenvalue weighted by atomic mass is 17.1. The van der Waals surface area contributed by atoms with Crippen LogP contribution >= 0.6 is 0 Å². The van der Waals surface area contributed by atoms with Gasteiger partial charge in [0.25, 0.3) is 0 Å². The van der Waals surface area contributed by atoms with Crippen molar-refractivity contribution >= 4 is 5.97 Å². The lowest BCUT2D eigenvalue weighted by Crippen LogP contribution is -2.67. The van der Waals surface area contributed by atoms with Gasteiger partial charge in [-0.15, -0.1) is 0 Å². The topological polar surface area (TPSA) is 55.8 Å². The molecule has 0 aromatic carbocycles. The fourth-order valence-electron chi connectivity index (χ4n) is 12.0. The van der Waals surface area contributed by atoms with Gasteiger partial charge >= 0.3 is 5.97 Å². The minimum Gasteiger partial charge on any atom is -0.462 e. The third kappa shape index (κ3) is 3.34. The Labute approximate surface area is 219 Å². The highest BCUT2D eigenvalue weighted by molar-refractivity contribution is 5.66. The van der Waals surface area contributed by atoms with Gasteiger partial charge in [-0.05, 0) is 115 Å². The van der Waals surface area contributed by atoms with Crippen LogP contribution in [0.3, 0.4) is 0 Å². The summed E-state index contributed by atoms with van der Waals surface area (Å²) in [6.07, 6.45) is 10.5. The van der Waals surface area contributed by atoms with Gasteiger partial charge in [0.2, 0.25) is 0 Å². The van der Waals surface area contributed by atoms with Crippen LogP contribution in [0.4, 0.5) is 0 Å². The average Bonchev–Trinajstić information content (AvgIpc) is 2.79. The molecule has 11 atom stereocenters. The highest BCUT2D eigenvalue weighted by Crippen LogP contribution is 2.77. The molecule has 0 saturated heterocycles. The Morgan fingerprint density at radius 3 is 2.25 bits per heavy atom. The minimum atomic E-state index is -0.221. The SMILES string of the molecule is C=C1C(OO)CC2(C)CCC3(C)C(CCC4C5(C)CCC(OC(C)=O)C(C)(C)C5CCC43C)C2C1C. The highest BCUT2D eigenvalue weighted by Gasteiger charge is 2.70. The molecule has 36 heavy (non-hydrogen) atoms. The van der Waals surface area contributed by atoms with Crippen LogP contribution < -0.4 is 0 Å². The summed E-state index contributed by atoms with van der Waals surface area (Å²) in [5, 5.41) is 9.62. The molecule has 0 radical (unpaired) electrons. The van der Waals surface area contributed by atoms with Crippen LogP contribution in [0.15, 0.2) is 12.2 Å². The molecular weight excluding hydrogens is 448 g/mol. The van der Waals surface area contributed by atoms with Crippen LogP contribution in [0.25, 0.3) is 0 Å². The Morgan fingerprint density at radius 1 is 0.917 bits per heavy atom. The van der Waals surface area contributed by atoms with E-state index in [4.69, 9.17) is 9.62 Å². The molecule has 0 bridgehead atoms. The van der Waals surface area contributed by atoms with Gasteiger partial charge in [0, 0.05) is 12.3 Å². The number of rotatable bonds is 2. The van der Waals surface area contributed by atoms with E-state index in [0.29, 0.717) is 45.8 Å². The third-order valence-corrected chi connectivity index (χ3v) is 14.0. The third-order valence-electron chi connectivity index (χ3n) is 14.0. The van der Waals surface area contributed by atoms with Crippen LogP contribution in [-0.2, 0) is 14.4 Å². The van der Waals surface area contributed by atoms with Crippen molar-refractivity contribution in [3.05, 3.63) is 12.2 Å². The van der Waals surface area contributed by atoms with E-state index >= 15 is 0 Å². The molecule has 4 heteroatoms. The monoisotopic (exact) mass is 500 g/mol. The predicted octanol–water partition coefficient (Wildman–Crippen LogP) is 8.06. The van der Waals surface area contributed by atoms with Gasteiger partial charge in [-0.25, -0.2) is 4.89 Å².